The van der Waals surface area contributed by atoms with Gasteiger partial charge < -0.3 is 4.74 Å². The van der Waals surface area contributed by atoms with Gasteiger partial charge in [0, 0.05) is 10.2 Å². The summed E-state index contributed by atoms with van der Waals surface area (Å²) in [7, 11) is 1.30. The topological polar surface area (TPSA) is 69.9 Å². The van der Waals surface area contributed by atoms with E-state index in [1.165, 1.54) is 35.7 Å². The first-order chi connectivity index (χ1) is 9.60. The fourth-order valence-electron chi connectivity index (χ4n) is 1.37. The summed E-state index contributed by atoms with van der Waals surface area (Å²) in [6, 6.07) is 4.46. The zero-order chi connectivity index (χ0) is 14.5. The van der Waals surface area contributed by atoms with E-state index in [0.29, 0.717) is 15.4 Å². The normalized spacial score (nSPS) is 10.6. The van der Waals surface area contributed by atoms with Crippen molar-refractivity contribution in [2.24, 2.45) is 0 Å². The Balaban J connectivity index is 2.04. The maximum atomic E-state index is 13.0. The molecule has 0 bridgehead atoms. The smallest absolute Gasteiger partial charge is 0.327 e. The Hall–Kier alpha value is -1.48. The van der Waals surface area contributed by atoms with Gasteiger partial charge in [-0.1, -0.05) is 33.8 Å². The molecule has 1 aromatic carbocycles. The van der Waals surface area contributed by atoms with E-state index in [1.54, 1.807) is 6.07 Å². The predicted molar refractivity (Wildman–Crippen MR) is 73.5 cm³/mol. The lowest BCUT2D eigenvalue weighted by molar-refractivity contribution is -0.141. The predicted octanol–water partition coefficient (Wildman–Crippen LogP) is 2.04. The number of ether oxygens (including phenoxy) is 1. The number of carbonyl (C=O) groups is 1. The molecule has 20 heavy (non-hydrogen) atoms. The summed E-state index contributed by atoms with van der Waals surface area (Å²) in [6.45, 7) is -0.0452. The highest BCUT2D eigenvalue weighted by atomic mass is 79.9. The van der Waals surface area contributed by atoms with Crippen molar-refractivity contribution in [2.75, 3.05) is 7.11 Å². The summed E-state index contributed by atoms with van der Waals surface area (Å²) in [4.78, 5) is 11.2. The number of esters is 1. The van der Waals surface area contributed by atoms with E-state index in [1.807, 2.05) is 0 Å². The van der Waals surface area contributed by atoms with Gasteiger partial charge in [-0.25, -0.2) is 9.07 Å². The van der Waals surface area contributed by atoms with E-state index in [-0.39, 0.29) is 12.4 Å². The minimum absolute atomic E-state index is 0.0452. The standard InChI is InChI=1S/C11H10BrFN4O2S/c1-19-10(18)5-17-11(14-15-16-17)20-6-7-2-3-8(13)4-9(7)12/h2-4H,5-6H2,1H3. The number of carbonyl (C=O) groups excluding carboxylic acids is 1. The Labute approximate surface area is 126 Å². The molecule has 0 aliphatic carbocycles. The second-order valence-corrected chi connectivity index (χ2v) is 5.52. The molecule has 106 valence electrons. The van der Waals surface area contributed by atoms with Crippen LogP contribution < -0.4 is 0 Å². The number of nitrogens with zero attached hydrogens (tertiary/aromatic N) is 4. The summed E-state index contributed by atoms with van der Waals surface area (Å²) in [6.07, 6.45) is 0. The number of rotatable bonds is 5. The molecule has 0 saturated carbocycles. The number of hydrogen-bond acceptors (Lipinski definition) is 6. The summed E-state index contributed by atoms with van der Waals surface area (Å²) in [5.74, 6) is -0.189. The minimum atomic E-state index is -0.429. The summed E-state index contributed by atoms with van der Waals surface area (Å²) in [5, 5.41) is 11.6. The van der Waals surface area contributed by atoms with Crippen LogP contribution in [0.2, 0.25) is 0 Å². The maximum Gasteiger partial charge on any atom is 0.327 e. The van der Waals surface area contributed by atoms with E-state index >= 15 is 0 Å². The van der Waals surface area contributed by atoms with E-state index in [2.05, 4.69) is 36.2 Å². The van der Waals surface area contributed by atoms with Gasteiger partial charge in [0.2, 0.25) is 5.16 Å². The van der Waals surface area contributed by atoms with E-state index in [4.69, 9.17) is 0 Å². The molecule has 6 nitrogen and oxygen atoms in total. The Morgan fingerprint density at radius 1 is 1.55 bits per heavy atom. The van der Waals surface area contributed by atoms with Gasteiger partial charge in [0.25, 0.3) is 0 Å². The van der Waals surface area contributed by atoms with Crippen molar-refractivity contribution in [1.82, 2.24) is 20.2 Å². The van der Waals surface area contributed by atoms with Gasteiger partial charge in [0.05, 0.1) is 7.11 Å². The third-order valence-corrected chi connectivity index (χ3v) is 4.12. The Kier molecular flexibility index (Phi) is 5.07. The highest BCUT2D eigenvalue weighted by Gasteiger charge is 2.12. The molecule has 1 aromatic heterocycles. The third kappa shape index (κ3) is 3.76. The van der Waals surface area contributed by atoms with Crippen LogP contribution in [0.5, 0.6) is 0 Å². The van der Waals surface area contributed by atoms with Crippen molar-refractivity contribution in [3.63, 3.8) is 0 Å². The van der Waals surface area contributed by atoms with Gasteiger partial charge in [0.1, 0.15) is 12.4 Å². The first-order valence-corrected chi connectivity index (χ1v) is 7.27. The van der Waals surface area contributed by atoms with Crippen molar-refractivity contribution in [2.45, 2.75) is 17.5 Å². The zero-order valence-electron chi connectivity index (χ0n) is 10.4. The molecule has 0 saturated heterocycles. The molecule has 2 rings (SSSR count). The van der Waals surface area contributed by atoms with Crippen LogP contribution in [-0.2, 0) is 21.8 Å². The lowest BCUT2D eigenvalue weighted by atomic mass is 10.2. The van der Waals surface area contributed by atoms with Gasteiger partial charge in [-0.15, -0.1) is 5.10 Å². The van der Waals surface area contributed by atoms with E-state index in [0.717, 1.165) is 5.56 Å². The van der Waals surface area contributed by atoms with Crippen molar-refractivity contribution in [3.8, 4) is 0 Å². The molecule has 0 amide bonds. The summed E-state index contributed by atoms with van der Waals surface area (Å²) >= 11 is 4.64. The average molecular weight is 361 g/mol. The van der Waals surface area contributed by atoms with E-state index in [9.17, 15) is 9.18 Å². The average Bonchev–Trinajstić information content (AvgIpc) is 2.85. The molecule has 0 spiro atoms. The molecule has 0 atom stereocenters. The number of halogens is 2. The summed E-state index contributed by atoms with van der Waals surface area (Å²) in [5.41, 5.74) is 0.906. The molecule has 0 aliphatic heterocycles. The van der Waals surface area contributed by atoms with Gasteiger partial charge >= 0.3 is 5.97 Å². The molecule has 0 radical (unpaired) electrons. The van der Waals surface area contributed by atoms with Gasteiger partial charge in [-0.3, -0.25) is 4.79 Å². The Morgan fingerprint density at radius 3 is 3.05 bits per heavy atom. The quantitative estimate of drug-likeness (QED) is 0.600. The molecule has 0 aliphatic rings. The van der Waals surface area contributed by atoms with Crippen molar-refractivity contribution >= 4 is 33.7 Å². The number of methoxy groups -OCH3 is 1. The van der Waals surface area contributed by atoms with Crippen LogP contribution in [0.4, 0.5) is 4.39 Å². The van der Waals surface area contributed by atoms with Crippen LogP contribution in [0.3, 0.4) is 0 Å². The van der Waals surface area contributed by atoms with E-state index < -0.39 is 5.97 Å². The molecule has 0 unspecified atom stereocenters. The van der Waals surface area contributed by atoms with Crippen molar-refractivity contribution in [3.05, 3.63) is 34.1 Å². The van der Waals surface area contributed by atoms with Crippen LogP contribution in [0.15, 0.2) is 27.8 Å². The second-order valence-electron chi connectivity index (χ2n) is 3.72. The van der Waals surface area contributed by atoms with Crippen LogP contribution >= 0.6 is 27.7 Å². The number of tetrazole rings is 1. The van der Waals surface area contributed by atoms with Crippen LogP contribution in [-0.4, -0.2) is 33.3 Å². The SMILES string of the molecule is COC(=O)Cn1nnnc1SCc1ccc(F)cc1Br. The molecule has 0 N–H and O–H groups in total. The molecular formula is C11H10BrFN4O2S. The van der Waals surface area contributed by atoms with Crippen LogP contribution in [0.25, 0.3) is 0 Å². The first-order valence-electron chi connectivity index (χ1n) is 5.50. The monoisotopic (exact) mass is 360 g/mol. The van der Waals surface area contributed by atoms with Crippen LogP contribution in [0.1, 0.15) is 5.56 Å². The lowest BCUT2D eigenvalue weighted by Gasteiger charge is -2.05. The zero-order valence-corrected chi connectivity index (χ0v) is 12.8. The molecule has 9 heteroatoms. The van der Waals surface area contributed by atoms with Gasteiger partial charge in [-0.05, 0) is 28.1 Å². The lowest BCUT2D eigenvalue weighted by Crippen LogP contribution is -2.13. The highest BCUT2D eigenvalue weighted by molar-refractivity contribution is 9.10. The van der Waals surface area contributed by atoms with Crippen molar-refractivity contribution < 1.29 is 13.9 Å². The minimum Gasteiger partial charge on any atom is -0.468 e. The number of hydrogen-bond donors (Lipinski definition) is 0. The fourth-order valence-corrected chi connectivity index (χ4v) is 2.92. The maximum absolute atomic E-state index is 13.0. The Bertz CT molecular complexity index is 622. The largest absolute Gasteiger partial charge is 0.468 e. The fraction of sp³-hybridized carbons (Fsp3) is 0.273. The highest BCUT2D eigenvalue weighted by Crippen LogP contribution is 2.26. The molecule has 2 aromatic rings. The second kappa shape index (κ2) is 6.80. The van der Waals surface area contributed by atoms with Gasteiger partial charge in [0.15, 0.2) is 0 Å². The number of benzene rings is 1. The molecular weight excluding hydrogens is 351 g/mol. The van der Waals surface area contributed by atoms with Gasteiger partial charge in [-0.2, -0.15) is 0 Å². The molecule has 0 fully saturated rings. The summed E-state index contributed by atoms with van der Waals surface area (Å²) < 4.78 is 19.6. The number of aromatic nitrogens is 4. The molecule has 1 heterocycles. The number of thioether (sulfide) groups is 1. The van der Waals surface area contributed by atoms with Crippen molar-refractivity contribution in [1.29, 1.82) is 0 Å². The van der Waals surface area contributed by atoms with Crippen LogP contribution in [0, 0.1) is 5.82 Å². The first kappa shape index (κ1) is 14.9. The Morgan fingerprint density at radius 2 is 2.35 bits per heavy atom. The third-order valence-electron chi connectivity index (χ3n) is 2.38.